The number of aromatic amines is 1. The molecule has 0 radical (unpaired) electrons. The summed E-state index contributed by atoms with van der Waals surface area (Å²) in [6.07, 6.45) is 1.80. The fraction of sp³-hybridized carbons (Fsp3) is 0.353. The van der Waals surface area contributed by atoms with E-state index in [1.165, 1.54) is 18.2 Å². The predicted molar refractivity (Wildman–Crippen MR) is 100 cm³/mol. The monoisotopic (exact) mass is 443 g/mol. The number of hydrogen-bond acceptors (Lipinski definition) is 3. The number of benzene rings is 1. The smallest absolute Gasteiger partial charge is 0.264 e. The summed E-state index contributed by atoms with van der Waals surface area (Å²) in [7, 11) is -4.15. The second-order valence-electron chi connectivity index (χ2n) is 6.31. The van der Waals surface area contributed by atoms with Gasteiger partial charge in [-0.1, -0.05) is 15.9 Å². The molecule has 9 heteroatoms. The SMILES string of the molecule is Cc1[nH]c(C)c(S(=O)(=O)Nc2ccc(Br)cc2F)c1C(=O)N1CCCC1. The van der Waals surface area contributed by atoms with E-state index in [1.54, 1.807) is 18.7 Å². The van der Waals surface area contributed by atoms with Crippen molar-refractivity contribution in [3.05, 3.63) is 45.4 Å². The van der Waals surface area contributed by atoms with Crippen LogP contribution in [-0.4, -0.2) is 37.3 Å². The van der Waals surface area contributed by atoms with Crippen molar-refractivity contribution in [2.24, 2.45) is 0 Å². The van der Waals surface area contributed by atoms with Crippen molar-refractivity contribution in [3.8, 4) is 0 Å². The molecule has 1 aromatic heterocycles. The van der Waals surface area contributed by atoms with Gasteiger partial charge in [-0.05, 0) is 44.9 Å². The predicted octanol–water partition coefficient (Wildman–Crippen LogP) is 3.57. The molecule has 0 aliphatic carbocycles. The van der Waals surface area contributed by atoms with E-state index in [4.69, 9.17) is 0 Å². The molecule has 26 heavy (non-hydrogen) atoms. The fourth-order valence-electron chi connectivity index (χ4n) is 3.20. The molecule has 140 valence electrons. The molecular formula is C17H19BrFN3O3S. The third-order valence-corrected chi connectivity index (χ3v) is 6.40. The fourth-order valence-corrected chi connectivity index (χ4v) is 5.05. The number of hydrogen-bond donors (Lipinski definition) is 2. The Hall–Kier alpha value is -1.87. The van der Waals surface area contributed by atoms with Crippen LogP contribution in [0.15, 0.2) is 27.6 Å². The number of anilines is 1. The maximum atomic E-state index is 14.1. The van der Waals surface area contributed by atoms with Gasteiger partial charge in [-0.2, -0.15) is 0 Å². The number of amides is 1. The molecule has 0 spiro atoms. The Labute approximate surface area is 160 Å². The maximum Gasteiger partial charge on any atom is 0.264 e. The average Bonchev–Trinajstić information content (AvgIpc) is 3.17. The summed E-state index contributed by atoms with van der Waals surface area (Å²) < 4.78 is 42.7. The first-order chi connectivity index (χ1) is 12.2. The van der Waals surface area contributed by atoms with E-state index >= 15 is 0 Å². The number of likely N-dealkylation sites (tertiary alicyclic amines) is 1. The van der Waals surface area contributed by atoms with Crippen LogP contribution in [0.1, 0.15) is 34.6 Å². The molecule has 6 nitrogen and oxygen atoms in total. The Balaban J connectivity index is 2.03. The Kier molecular flexibility index (Phi) is 5.12. The molecule has 1 fully saturated rings. The number of sulfonamides is 1. The molecule has 3 rings (SSSR count). The maximum absolute atomic E-state index is 14.1. The van der Waals surface area contributed by atoms with E-state index in [0.717, 1.165) is 12.8 Å². The van der Waals surface area contributed by atoms with E-state index in [-0.39, 0.29) is 22.1 Å². The van der Waals surface area contributed by atoms with Gasteiger partial charge in [0.1, 0.15) is 10.7 Å². The molecule has 2 heterocycles. The molecule has 1 saturated heterocycles. The third-order valence-electron chi connectivity index (χ3n) is 4.37. The van der Waals surface area contributed by atoms with Crippen molar-refractivity contribution >= 4 is 37.5 Å². The number of carbonyl (C=O) groups excluding carboxylic acids is 1. The number of H-pyrrole nitrogens is 1. The molecule has 1 aliphatic heterocycles. The van der Waals surface area contributed by atoms with E-state index in [1.807, 2.05) is 0 Å². The molecule has 2 N–H and O–H groups in total. The summed E-state index contributed by atoms with van der Waals surface area (Å²) in [6.45, 7) is 4.46. The summed E-state index contributed by atoms with van der Waals surface area (Å²) >= 11 is 3.13. The number of aromatic nitrogens is 1. The van der Waals surface area contributed by atoms with Gasteiger partial charge in [-0.25, -0.2) is 12.8 Å². The summed E-state index contributed by atoms with van der Waals surface area (Å²) in [5.74, 6) is -1.03. The van der Waals surface area contributed by atoms with Crippen LogP contribution in [0.4, 0.5) is 10.1 Å². The topological polar surface area (TPSA) is 82.3 Å². The van der Waals surface area contributed by atoms with Crippen LogP contribution in [0.2, 0.25) is 0 Å². The normalized spacial score (nSPS) is 14.7. The van der Waals surface area contributed by atoms with Crippen LogP contribution in [-0.2, 0) is 10.0 Å². The van der Waals surface area contributed by atoms with Crippen molar-refractivity contribution < 1.29 is 17.6 Å². The molecule has 0 bridgehead atoms. The lowest BCUT2D eigenvalue weighted by Crippen LogP contribution is -2.30. The number of halogens is 2. The van der Waals surface area contributed by atoms with Crippen LogP contribution >= 0.6 is 15.9 Å². The first kappa shape index (κ1) is 18.9. The second kappa shape index (κ2) is 7.03. The zero-order chi connectivity index (χ0) is 19.1. The van der Waals surface area contributed by atoms with E-state index < -0.39 is 15.8 Å². The van der Waals surface area contributed by atoms with Crippen LogP contribution < -0.4 is 4.72 Å². The highest BCUT2D eigenvalue weighted by Crippen LogP contribution is 2.29. The van der Waals surface area contributed by atoms with Crippen molar-refractivity contribution in [3.63, 3.8) is 0 Å². The minimum atomic E-state index is -4.15. The number of aryl methyl sites for hydroxylation is 2. The molecule has 2 aromatic rings. The average molecular weight is 444 g/mol. The minimum Gasteiger partial charge on any atom is -0.361 e. The summed E-state index contributed by atoms with van der Waals surface area (Å²) in [5.41, 5.74) is 0.770. The van der Waals surface area contributed by atoms with Crippen LogP contribution in [0.25, 0.3) is 0 Å². The van der Waals surface area contributed by atoms with Gasteiger partial charge in [0.05, 0.1) is 11.3 Å². The van der Waals surface area contributed by atoms with E-state index in [0.29, 0.717) is 29.0 Å². The highest BCUT2D eigenvalue weighted by atomic mass is 79.9. The zero-order valence-corrected chi connectivity index (χ0v) is 16.8. The highest BCUT2D eigenvalue weighted by Gasteiger charge is 2.32. The summed E-state index contributed by atoms with van der Waals surface area (Å²) in [5, 5.41) is 0. The Morgan fingerprint density at radius 3 is 2.50 bits per heavy atom. The van der Waals surface area contributed by atoms with Crippen molar-refractivity contribution in [2.75, 3.05) is 17.8 Å². The third kappa shape index (κ3) is 3.50. The molecule has 0 atom stereocenters. The first-order valence-corrected chi connectivity index (χ1v) is 10.4. The van der Waals surface area contributed by atoms with Gasteiger partial charge in [-0.3, -0.25) is 9.52 Å². The van der Waals surface area contributed by atoms with Crippen molar-refractivity contribution in [1.29, 1.82) is 0 Å². The van der Waals surface area contributed by atoms with Gasteiger partial charge in [0, 0.05) is 29.0 Å². The van der Waals surface area contributed by atoms with Crippen LogP contribution in [0, 0.1) is 19.7 Å². The first-order valence-electron chi connectivity index (χ1n) is 8.17. The Morgan fingerprint density at radius 1 is 1.23 bits per heavy atom. The molecule has 0 unspecified atom stereocenters. The van der Waals surface area contributed by atoms with Gasteiger partial charge < -0.3 is 9.88 Å². The van der Waals surface area contributed by atoms with E-state index in [9.17, 15) is 17.6 Å². The number of nitrogens with zero attached hydrogens (tertiary/aromatic N) is 1. The van der Waals surface area contributed by atoms with E-state index in [2.05, 4.69) is 25.6 Å². The summed E-state index contributed by atoms with van der Waals surface area (Å²) in [4.78, 5) is 17.3. The van der Waals surface area contributed by atoms with Crippen molar-refractivity contribution in [2.45, 2.75) is 31.6 Å². The lowest BCUT2D eigenvalue weighted by molar-refractivity contribution is 0.0788. The quantitative estimate of drug-likeness (QED) is 0.757. The highest BCUT2D eigenvalue weighted by molar-refractivity contribution is 9.10. The van der Waals surface area contributed by atoms with Crippen LogP contribution in [0.3, 0.4) is 0 Å². The molecule has 1 aromatic carbocycles. The molecule has 1 amide bonds. The lowest BCUT2D eigenvalue weighted by atomic mass is 10.2. The Morgan fingerprint density at radius 2 is 1.88 bits per heavy atom. The van der Waals surface area contributed by atoms with Gasteiger partial charge >= 0.3 is 0 Å². The number of nitrogens with one attached hydrogen (secondary N) is 2. The second-order valence-corrected chi connectivity index (χ2v) is 8.84. The Bertz CT molecular complexity index is 966. The molecular weight excluding hydrogens is 425 g/mol. The van der Waals surface area contributed by atoms with Crippen molar-refractivity contribution in [1.82, 2.24) is 9.88 Å². The zero-order valence-electron chi connectivity index (χ0n) is 14.4. The molecule has 0 saturated carbocycles. The van der Waals surface area contributed by atoms with Gasteiger partial charge in [0.2, 0.25) is 0 Å². The minimum absolute atomic E-state index is 0.120. The molecule has 1 aliphatic rings. The van der Waals surface area contributed by atoms with Gasteiger partial charge in [0.15, 0.2) is 0 Å². The van der Waals surface area contributed by atoms with Crippen LogP contribution in [0.5, 0.6) is 0 Å². The number of rotatable bonds is 4. The largest absolute Gasteiger partial charge is 0.361 e. The lowest BCUT2D eigenvalue weighted by Gasteiger charge is -2.17. The number of carbonyl (C=O) groups is 1. The summed E-state index contributed by atoms with van der Waals surface area (Å²) in [6, 6.07) is 4.03. The van der Waals surface area contributed by atoms with Gasteiger partial charge in [-0.15, -0.1) is 0 Å². The van der Waals surface area contributed by atoms with Gasteiger partial charge in [0.25, 0.3) is 15.9 Å². The standard InChI is InChI=1S/C17H19BrFN3O3S/c1-10-15(17(23)22-7-3-4-8-22)16(11(2)20-10)26(24,25)21-14-6-5-12(18)9-13(14)19/h5-6,9,20-21H,3-4,7-8H2,1-2H3.